The summed E-state index contributed by atoms with van der Waals surface area (Å²) in [6.07, 6.45) is 5.61. The molecule has 1 saturated heterocycles. The molecule has 0 amide bonds. The van der Waals surface area contributed by atoms with Crippen LogP contribution in [0.4, 0.5) is 0 Å². The first-order valence-corrected chi connectivity index (χ1v) is 6.78. The van der Waals surface area contributed by atoms with Crippen LogP contribution < -0.4 is 10.6 Å². The second-order valence-corrected chi connectivity index (χ2v) is 5.93. The van der Waals surface area contributed by atoms with Crippen LogP contribution in [-0.2, 0) is 0 Å². The number of likely N-dealkylation sites (tertiary alicyclic amines) is 1. The van der Waals surface area contributed by atoms with Crippen molar-refractivity contribution in [2.24, 2.45) is 11.3 Å². The molecular weight excluding hydrogens is 198 g/mol. The summed E-state index contributed by atoms with van der Waals surface area (Å²) in [7, 11) is 4.31. The minimum atomic E-state index is 0.606. The van der Waals surface area contributed by atoms with Gasteiger partial charge in [0.1, 0.15) is 0 Å². The summed E-state index contributed by atoms with van der Waals surface area (Å²) in [5.74, 6) is 0.879. The van der Waals surface area contributed by atoms with E-state index in [0.717, 1.165) is 5.92 Å². The Hall–Kier alpha value is -0.120. The van der Waals surface area contributed by atoms with Crippen LogP contribution in [0.25, 0.3) is 0 Å². The van der Waals surface area contributed by atoms with Crippen molar-refractivity contribution in [3.63, 3.8) is 0 Å². The van der Waals surface area contributed by atoms with E-state index in [9.17, 15) is 0 Å². The average Bonchev–Trinajstić information content (AvgIpc) is 2.99. The van der Waals surface area contributed by atoms with Gasteiger partial charge in [0, 0.05) is 19.6 Å². The number of nitrogens with zero attached hydrogens (tertiary/aromatic N) is 1. The van der Waals surface area contributed by atoms with Gasteiger partial charge in [0.2, 0.25) is 0 Å². The SMILES string of the molecule is CNCC1(CNCC2CCCN(C)C2)CC1. The van der Waals surface area contributed by atoms with E-state index >= 15 is 0 Å². The number of hydrogen-bond acceptors (Lipinski definition) is 3. The van der Waals surface area contributed by atoms with Crippen LogP contribution in [0.15, 0.2) is 0 Å². The lowest BCUT2D eigenvalue weighted by Crippen LogP contribution is -2.39. The quantitative estimate of drug-likeness (QED) is 0.704. The van der Waals surface area contributed by atoms with Crippen molar-refractivity contribution in [3.8, 4) is 0 Å². The van der Waals surface area contributed by atoms with E-state index in [1.807, 2.05) is 0 Å². The van der Waals surface area contributed by atoms with Crippen molar-refractivity contribution in [1.82, 2.24) is 15.5 Å². The monoisotopic (exact) mass is 225 g/mol. The fraction of sp³-hybridized carbons (Fsp3) is 1.00. The van der Waals surface area contributed by atoms with Gasteiger partial charge in [0.05, 0.1) is 0 Å². The predicted octanol–water partition coefficient (Wildman–Crippen LogP) is 0.917. The zero-order valence-electron chi connectivity index (χ0n) is 10.9. The van der Waals surface area contributed by atoms with Gasteiger partial charge in [-0.2, -0.15) is 0 Å². The Morgan fingerprint density at radius 2 is 2.12 bits per heavy atom. The van der Waals surface area contributed by atoms with Crippen LogP contribution in [0.3, 0.4) is 0 Å². The van der Waals surface area contributed by atoms with E-state index < -0.39 is 0 Å². The molecule has 2 rings (SSSR count). The maximum atomic E-state index is 3.70. The third-order valence-electron chi connectivity index (χ3n) is 4.16. The summed E-state index contributed by atoms with van der Waals surface area (Å²) in [6, 6.07) is 0. The van der Waals surface area contributed by atoms with Crippen molar-refractivity contribution < 1.29 is 0 Å². The Kier molecular flexibility index (Phi) is 4.22. The molecule has 1 heterocycles. The molecule has 0 radical (unpaired) electrons. The van der Waals surface area contributed by atoms with Gasteiger partial charge in [-0.1, -0.05) is 0 Å². The first-order valence-electron chi connectivity index (χ1n) is 6.78. The molecule has 1 aliphatic heterocycles. The fourth-order valence-electron chi connectivity index (χ4n) is 2.95. The Morgan fingerprint density at radius 3 is 2.75 bits per heavy atom. The fourth-order valence-corrected chi connectivity index (χ4v) is 2.95. The van der Waals surface area contributed by atoms with Gasteiger partial charge < -0.3 is 15.5 Å². The summed E-state index contributed by atoms with van der Waals surface area (Å²) < 4.78 is 0. The van der Waals surface area contributed by atoms with Crippen molar-refractivity contribution >= 4 is 0 Å². The molecule has 94 valence electrons. The molecule has 16 heavy (non-hydrogen) atoms. The molecule has 2 fully saturated rings. The summed E-state index contributed by atoms with van der Waals surface area (Å²) in [5.41, 5.74) is 0.606. The first-order chi connectivity index (χ1) is 7.74. The maximum Gasteiger partial charge on any atom is 0.00201 e. The molecular formula is C13H27N3. The molecule has 3 nitrogen and oxygen atoms in total. The van der Waals surface area contributed by atoms with Crippen LogP contribution in [0.1, 0.15) is 25.7 Å². The van der Waals surface area contributed by atoms with Crippen LogP contribution in [0.5, 0.6) is 0 Å². The minimum Gasteiger partial charge on any atom is -0.319 e. The molecule has 0 aromatic heterocycles. The van der Waals surface area contributed by atoms with Crippen LogP contribution in [0, 0.1) is 11.3 Å². The summed E-state index contributed by atoms with van der Waals surface area (Å²) in [4.78, 5) is 2.47. The zero-order chi connectivity index (χ0) is 11.4. The molecule has 2 N–H and O–H groups in total. The molecule has 3 heteroatoms. The molecule has 2 aliphatic rings. The Morgan fingerprint density at radius 1 is 1.31 bits per heavy atom. The van der Waals surface area contributed by atoms with Gasteiger partial charge in [0.15, 0.2) is 0 Å². The van der Waals surface area contributed by atoms with Gasteiger partial charge >= 0.3 is 0 Å². The number of rotatable bonds is 6. The summed E-state index contributed by atoms with van der Waals surface area (Å²) in [6.45, 7) is 6.20. The number of nitrogens with one attached hydrogen (secondary N) is 2. The lowest BCUT2D eigenvalue weighted by Gasteiger charge is -2.30. The maximum absolute atomic E-state index is 3.70. The van der Waals surface area contributed by atoms with Gasteiger partial charge in [-0.05, 0) is 64.2 Å². The Labute approximate surface area is 100.0 Å². The Balaban J connectivity index is 1.60. The molecule has 0 aromatic rings. The van der Waals surface area contributed by atoms with Crippen molar-refractivity contribution in [2.45, 2.75) is 25.7 Å². The van der Waals surface area contributed by atoms with E-state index in [-0.39, 0.29) is 0 Å². The highest BCUT2D eigenvalue weighted by molar-refractivity contribution is 4.96. The van der Waals surface area contributed by atoms with Gasteiger partial charge in [-0.3, -0.25) is 0 Å². The van der Waals surface area contributed by atoms with E-state index in [2.05, 4.69) is 29.6 Å². The summed E-state index contributed by atoms with van der Waals surface area (Å²) in [5, 5.41) is 7.01. The first kappa shape index (κ1) is 12.3. The molecule has 0 aromatic carbocycles. The molecule has 0 spiro atoms. The van der Waals surface area contributed by atoms with Crippen LogP contribution in [0.2, 0.25) is 0 Å². The smallest absolute Gasteiger partial charge is 0.00201 e. The lowest BCUT2D eigenvalue weighted by atomic mass is 9.98. The minimum absolute atomic E-state index is 0.606. The van der Waals surface area contributed by atoms with E-state index in [4.69, 9.17) is 0 Å². The van der Waals surface area contributed by atoms with E-state index in [0.29, 0.717) is 5.41 Å². The highest BCUT2D eigenvalue weighted by Crippen LogP contribution is 2.44. The second kappa shape index (κ2) is 5.48. The second-order valence-electron chi connectivity index (χ2n) is 5.93. The van der Waals surface area contributed by atoms with Gasteiger partial charge in [-0.25, -0.2) is 0 Å². The third kappa shape index (κ3) is 3.44. The summed E-state index contributed by atoms with van der Waals surface area (Å²) >= 11 is 0. The van der Waals surface area contributed by atoms with Crippen LogP contribution >= 0.6 is 0 Å². The lowest BCUT2D eigenvalue weighted by molar-refractivity contribution is 0.204. The number of hydrogen-bond donors (Lipinski definition) is 2. The highest BCUT2D eigenvalue weighted by Gasteiger charge is 2.41. The average molecular weight is 225 g/mol. The van der Waals surface area contributed by atoms with Crippen LogP contribution in [-0.4, -0.2) is 51.7 Å². The van der Waals surface area contributed by atoms with Crippen molar-refractivity contribution in [3.05, 3.63) is 0 Å². The number of piperidine rings is 1. The third-order valence-corrected chi connectivity index (χ3v) is 4.16. The van der Waals surface area contributed by atoms with Gasteiger partial charge in [-0.15, -0.1) is 0 Å². The molecule has 1 saturated carbocycles. The molecule has 1 atom stereocenters. The van der Waals surface area contributed by atoms with Crippen molar-refractivity contribution in [2.75, 3.05) is 46.8 Å². The molecule has 1 aliphatic carbocycles. The molecule has 0 bridgehead atoms. The van der Waals surface area contributed by atoms with Crippen molar-refractivity contribution in [1.29, 1.82) is 0 Å². The van der Waals surface area contributed by atoms with E-state index in [1.54, 1.807) is 0 Å². The predicted molar refractivity (Wildman–Crippen MR) is 68.7 cm³/mol. The zero-order valence-corrected chi connectivity index (χ0v) is 10.9. The Bertz CT molecular complexity index is 213. The highest BCUT2D eigenvalue weighted by atomic mass is 15.1. The van der Waals surface area contributed by atoms with Gasteiger partial charge in [0.25, 0.3) is 0 Å². The standard InChI is InChI=1S/C13H27N3/c1-14-10-13(5-6-13)11-15-8-12-4-3-7-16(2)9-12/h12,14-15H,3-11H2,1-2H3. The largest absolute Gasteiger partial charge is 0.319 e. The van der Waals surface area contributed by atoms with E-state index in [1.165, 1.54) is 58.4 Å². The normalized spacial score (nSPS) is 29.2. The topological polar surface area (TPSA) is 27.3 Å². The molecule has 1 unspecified atom stereocenters.